The summed E-state index contributed by atoms with van der Waals surface area (Å²) in [6.45, 7) is 4.06. The van der Waals surface area contributed by atoms with Gasteiger partial charge in [0, 0.05) is 10.8 Å². The minimum Gasteiger partial charge on any atom is -0.316 e. The number of carbonyl (C=O) groups is 1. The van der Waals surface area contributed by atoms with E-state index in [1.165, 1.54) is 17.8 Å². The van der Waals surface area contributed by atoms with Gasteiger partial charge in [0.15, 0.2) is 0 Å². The highest BCUT2D eigenvalue weighted by atomic mass is 32.1. The van der Waals surface area contributed by atoms with Gasteiger partial charge in [-0.05, 0) is 31.7 Å². The smallest absolute Gasteiger partial charge is 0.228 e. The van der Waals surface area contributed by atoms with E-state index in [-0.39, 0.29) is 11.8 Å². The second kappa shape index (κ2) is 6.21. The Balaban J connectivity index is 2.14. The molecule has 3 nitrogen and oxygen atoms in total. The number of nitriles is 1. The van der Waals surface area contributed by atoms with Crippen LogP contribution in [0.15, 0.2) is 0 Å². The summed E-state index contributed by atoms with van der Waals surface area (Å²) < 4.78 is 0. The molecule has 0 aromatic carbocycles. The molecule has 19 heavy (non-hydrogen) atoms. The number of hydrogen-bond acceptors (Lipinski definition) is 3. The topological polar surface area (TPSA) is 52.9 Å². The first-order valence-corrected chi connectivity index (χ1v) is 7.82. The number of rotatable bonds is 3. The molecule has 0 aliphatic heterocycles. The van der Waals surface area contributed by atoms with Gasteiger partial charge in [0.25, 0.3) is 0 Å². The molecular formula is C15H20N2OS. The third kappa shape index (κ3) is 2.98. The standard InChI is InChI=1S/C15H20N2OS/c1-3-12-10(2)19-15(13(12)9-16)17-14(18)11-7-5-4-6-8-11/h11H,3-8H2,1-2H3,(H,17,18). The van der Waals surface area contributed by atoms with E-state index < -0.39 is 0 Å². The molecule has 0 saturated heterocycles. The molecule has 0 bridgehead atoms. The van der Waals surface area contributed by atoms with Gasteiger partial charge in [0.05, 0.1) is 5.56 Å². The van der Waals surface area contributed by atoms with Crippen LogP contribution in [-0.2, 0) is 11.2 Å². The van der Waals surface area contributed by atoms with Crippen LogP contribution in [0.1, 0.15) is 55.0 Å². The van der Waals surface area contributed by atoms with Crippen LogP contribution in [0.5, 0.6) is 0 Å². The van der Waals surface area contributed by atoms with Gasteiger partial charge in [0.1, 0.15) is 11.1 Å². The summed E-state index contributed by atoms with van der Waals surface area (Å²) in [6, 6.07) is 2.24. The van der Waals surface area contributed by atoms with Crippen molar-refractivity contribution in [2.45, 2.75) is 52.4 Å². The minimum absolute atomic E-state index is 0.0973. The second-order valence-electron chi connectivity index (χ2n) is 5.13. The van der Waals surface area contributed by atoms with Crippen LogP contribution in [0.25, 0.3) is 0 Å². The van der Waals surface area contributed by atoms with Crippen molar-refractivity contribution < 1.29 is 4.79 Å². The lowest BCUT2D eigenvalue weighted by Crippen LogP contribution is -2.24. The van der Waals surface area contributed by atoms with Crippen LogP contribution in [0, 0.1) is 24.2 Å². The van der Waals surface area contributed by atoms with Crippen molar-refractivity contribution in [1.29, 1.82) is 5.26 Å². The number of amides is 1. The predicted molar refractivity (Wildman–Crippen MR) is 78.4 cm³/mol. The van der Waals surface area contributed by atoms with Crippen LogP contribution in [0.4, 0.5) is 5.00 Å². The maximum Gasteiger partial charge on any atom is 0.228 e. The van der Waals surface area contributed by atoms with Crippen molar-refractivity contribution in [3.63, 3.8) is 0 Å². The number of nitrogens with one attached hydrogen (secondary N) is 1. The monoisotopic (exact) mass is 276 g/mol. The molecule has 4 heteroatoms. The zero-order valence-corrected chi connectivity index (χ0v) is 12.4. The first kappa shape index (κ1) is 14.1. The molecule has 1 aromatic rings. The summed E-state index contributed by atoms with van der Waals surface area (Å²) in [5.41, 5.74) is 1.74. The van der Waals surface area contributed by atoms with Crippen LogP contribution < -0.4 is 5.32 Å². The summed E-state index contributed by atoms with van der Waals surface area (Å²) in [5, 5.41) is 13.0. The van der Waals surface area contributed by atoms with E-state index in [1.807, 2.05) is 13.8 Å². The molecule has 102 valence electrons. The Morgan fingerprint density at radius 1 is 1.42 bits per heavy atom. The maximum atomic E-state index is 12.2. The molecule has 1 aliphatic carbocycles. The fourth-order valence-electron chi connectivity index (χ4n) is 2.79. The molecule has 0 spiro atoms. The Kier molecular flexibility index (Phi) is 4.60. The largest absolute Gasteiger partial charge is 0.316 e. The first-order valence-electron chi connectivity index (χ1n) is 7.00. The van der Waals surface area contributed by atoms with Gasteiger partial charge in [-0.2, -0.15) is 5.26 Å². The van der Waals surface area contributed by atoms with Gasteiger partial charge in [-0.3, -0.25) is 4.79 Å². The lowest BCUT2D eigenvalue weighted by molar-refractivity contribution is -0.120. The maximum absolute atomic E-state index is 12.2. The highest BCUT2D eigenvalue weighted by Crippen LogP contribution is 2.34. The number of aryl methyl sites for hydroxylation is 1. The molecule has 1 heterocycles. The van der Waals surface area contributed by atoms with Gasteiger partial charge in [-0.25, -0.2) is 0 Å². The van der Waals surface area contributed by atoms with E-state index in [0.717, 1.165) is 47.5 Å². The van der Waals surface area contributed by atoms with Gasteiger partial charge in [-0.1, -0.05) is 26.2 Å². The minimum atomic E-state index is 0.0973. The molecule has 0 atom stereocenters. The predicted octanol–water partition coefficient (Wildman–Crippen LogP) is 4.01. The molecule has 1 aromatic heterocycles. The van der Waals surface area contributed by atoms with Crippen molar-refractivity contribution in [3.05, 3.63) is 16.0 Å². The molecule has 1 aliphatic rings. The number of thiophene rings is 1. The van der Waals surface area contributed by atoms with Crippen molar-refractivity contribution >= 4 is 22.2 Å². The van der Waals surface area contributed by atoms with E-state index in [4.69, 9.17) is 0 Å². The quantitative estimate of drug-likeness (QED) is 0.906. The summed E-state index contributed by atoms with van der Waals surface area (Å²) in [6.07, 6.45) is 6.34. The van der Waals surface area contributed by atoms with Crippen LogP contribution in [-0.4, -0.2) is 5.91 Å². The molecule has 1 N–H and O–H groups in total. The third-order valence-corrected chi connectivity index (χ3v) is 4.95. The molecule has 1 fully saturated rings. The van der Waals surface area contributed by atoms with E-state index in [0.29, 0.717) is 5.56 Å². The fraction of sp³-hybridized carbons (Fsp3) is 0.600. The SMILES string of the molecule is CCc1c(C)sc(NC(=O)C2CCCCC2)c1C#N. The molecule has 1 amide bonds. The molecule has 2 rings (SSSR count). The van der Waals surface area contributed by atoms with Crippen LogP contribution >= 0.6 is 11.3 Å². The molecule has 1 saturated carbocycles. The Bertz CT molecular complexity index is 507. The zero-order chi connectivity index (χ0) is 13.8. The van der Waals surface area contributed by atoms with E-state index in [1.54, 1.807) is 0 Å². The number of carbonyl (C=O) groups excluding carboxylic acids is 1. The Morgan fingerprint density at radius 2 is 2.11 bits per heavy atom. The fourth-order valence-corrected chi connectivity index (χ4v) is 3.89. The Morgan fingerprint density at radius 3 is 2.68 bits per heavy atom. The van der Waals surface area contributed by atoms with Crippen molar-refractivity contribution in [2.75, 3.05) is 5.32 Å². The van der Waals surface area contributed by atoms with Crippen molar-refractivity contribution in [3.8, 4) is 6.07 Å². The third-order valence-electron chi connectivity index (χ3n) is 3.89. The molecule has 0 radical (unpaired) electrons. The summed E-state index contributed by atoms with van der Waals surface area (Å²) >= 11 is 1.53. The van der Waals surface area contributed by atoms with Gasteiger partial charge in [0.2, 0.25) is 5.91 Å². The van der Waals surface area contributed by atoms with E-state index >= 15 is 0 Å². The molecular weight excluding hydrogens is 256 g/mol. The van der Waals surface area contributed by atoms with Gasteiger partial charge >= 0.3 is 0 Å². The van der Waals surface area contributed by atoms with E-state index in [2.05, 4.69) is 11.4 Å². The number of nitrogens with zero attached hydrogens (tertiary/aromatic N) is 1. The average molecular weight is 276 g/mol. The molecule has 0 unspecified atom stereocenters. The van der Waals surface area contributed by atoms with Gasteiger partial charge in [-0.15, -0.1) is 11.3 Å². The highest BCUT2D eigenvalue weighted by molar-refractivity contribution is 7.16. The second-order valence-corrected chi connectivity index (χ2v) is 6.36. The zero-order valence-electron chi connectivity index (χ0n) is 11.6. The number of anilines is 1. The average Bonchev–Trinajstić information content (AvgIpc) is 2.74. The highest BCUT2D eigenvalue weighted by Gasteiger charge is 2.23. The summed E-state index contributed by atoms with van der Waals surface area (Å²) in [5.74, 6) is 0.230. The van der Waals surface area contributed by atoms with Crippen LogP contribution in [0.3, 0.4) is 0 Å². The Labute approximate surface area is 118 Å². The summed E-state index contributed by atoms with van der Waals surface area (Å²) in [4.78, 5) is 13.4. The van der Waals surface area contributed by atoms with Crippen molar-refractivity contribution in [2.24, 2.45) is 5.92 Å². The Hall–Kier alpha value is -1.34. The first-order chi connectivity index (χ1) is 9.17. The summed E-state index contributed by atoms with van der Waals surface area (Å²) in [7, 11) is 0. The van der Waals surface area contributed by atoms with Gasteiger partial charge < -0.3 is 5.32 Å². The van der Waals surface area contributed by atoms with E-state index in [9.17, 15) is 10.1 Å². The van der Waals surface area contributed by atoms with Crippen LogP contribution in [0.2, 0.25) is 0 Å². The lowest BCUT2D eigenvalue weighted by Gasteiger charge is -2.20. The number of hydrogen-bond donors (Lipinski definition) is 1. The normalized spacial score (nSPS) is 16.1. The van der Waals surface area contributed by atoms with Crippen molar-refractivity contribution in [1.82, 2.24) is 0 Å². The lowest BCUT2D eigenvalue weighted by atomic mass is 9.89.